The SMILES string of the molecule is COCCCCC(CNC1CC1)c1ccc(Cl)cc1. The van der Waals surface area contributed by atoms with E-state index in [-0.39, 0.29) is 0 Å². The van der Waals surface area contributed by atoms with Crippen molar-refractivity contribution in [2.75, 3.05) is 20.3 Å². The van der Waals surface area contributed by atoms with Crippen LogP contribution in [0.4, 0.5) is 0 Å². The molecule has 1 aromatic carbocycles. The van der Waals surface area contributed by atoms with Crippen LogP contribution in [0, 0.1) is 0 Å². The molecule has 0 saturated heterocycles. The van der Waals surface area contributed by atoms with Gasteiger partial charge in [-0.1, -0.05) is 30.2 Å². The van der Waals surface area contributed by atoms with Crippen LogP contribution in [-0.4, -0.2) is 26.3 Å². The summed E-state index contributed by atoms with van der Waals surface area (Å²) < 4.78 is 5.12. The average Bonchev–Trinajstić information content (AvgIpc) is 3.23. The monoisotopic (exact) mass is 281 g/mol. The van der Waals surface area contributed by atoms with Gasteiger partial charge in [-0.2, -0.15) is 0 Å². The fourth-order valence-electron chi connectivity index (χ4n) is 2.36. The second kappa shape index (κ2) is 7.88. The predicted molar refractivity (Wildman–Crippen MR) is 80.9 cm³/mol. The first-order chi connectivity index (χ1) is 9.29. The molecule has 0 radical (unpaired) electrons. The molecule has 0 spiro atoms. The average molecular weight is 282 g/mol. The van der Waals surface area contributed by atoms with Gasteiger partial charge in [-0.3, -0.25) is 0 Å². The van der Waals surface area contributed by atoms with Crippen LogP contribution >= 0.6 is 11.6 Å². The van der Waals surface area contributed by atoms with Crippen molar-refractivity contribution in [1.82, 2.24) is 5.32 Å². The summed E-state index contributed by atoms with van der Waals surface area (Å²) in [5, 5.41) is 4.46. The highest BCUT2D eigenvalue weighted by Gasteiger charge is 2.22. The lowest BCUT2D eigenvalue weighted by atomic mass is 9.93. The zero-order valence-electron chi connectivity index (χ0n) is 11.7. The maximum atomic E-state index is 5.97. The van der Waals surface area contributed by atoms with Crippen molar-refractivity contribution >= 4 is 11.6 Å². The summed E-state index contributed by atoms with van der Waals surface area (Å²) in [4.78, 5) is 0. The van der Waals surface area contributed by atoms with E-state index < -0.39 is 0 Å². The maximum absolute atomic E-state index is 5.97. The number of unbranched alkanes of at least 4 members (excludes halogenated alkanes) is 1. The zero-order valence-corrected chi connectivity index (χ0v) is 12.5. The van der Waals surface area contributed by atoms with Crippen molar-refractivity contribution in [3.63, 3.8) is 0 Å². The normalized spacial score (nSPS) is 16.5. The van der Waals surface area contributed by atoms with E-state index in [4.69, 9.17) is 16.3 Å². The van der Waals surface area contributed by atoms with Gasteiger partial charge in [0, 0.05) is 31.3 Å². The van der Waals surface area contributed by atoms with Crippen molar-refractivity contribution in [2.45, 2.75) is 44.1 Å². The minimum Gasteiger partial charge on any atom is -0.385 e. The van der Waals surface area contributed by atoms with Gasteiger partial charge in [0.1, 0.15) is 0 Å². The third kappa shape index (κ3) is 5.52. The van der Waals surface area contributed by atoms with Crippen molar-refractivity contribution in [1.29, 1.82) is 0 Å². The van der Waals surface area contributed by atoms with Crippen molar-refractivity contribution in [3.8, 4) is 0 Å². The number of rotatable bonds is 9. The summed E-state index contributed by atoms with van der Waals surface area (Å²) in [7, 11) is 1.77. The van der Waals surface area contributed by atoms with Gasteiger partial charge in [-0.15, -0.1) is 0 Å². The molecular weight excluding hydrogens is 258 g/mol. The molecule has 106 valence electrons. The van der Waals surface area contributed by atoms with Gasteiger partial charge in [0.05, 0.1) is 0 Å². The molecule has 3 heteroatoms. The molecule has 2 nitrogen and oxygen atoms in total. The third-order valence-electron chi connectivity index (χ3n) is 3.72. The van der Waals surface area contributed by atoms with Crippen LogP contribution in [0.25, 0.3) is 0 Å². The number of benzene rings is 1. The first kappa shape index (κ1) is 14.8. The smallest absolute Gasteiger partial charge is 0.0462 e. The molecule has 1 saturated carbocycles. The Morgan fingerprint density at radius 3 is 2.63 bits per heavy atom. The van der Waals surface area contributed by atoms with Crippen LogP contribution < -0.4 is 5.32 Å². The number of hydrogen-bond acceptors (Lipinski definition) is 2. The molecule has 1 aliphatic carbocycles. The summed E-state index contributed by atoms with van der Waals surface area (Å²) in [6, 6.07) is 9.09. The van der Waals surface area contributed by atoms with Gasteiger partial charge in [0.25, 0.3) is 0 Å². The predicted octanol–water partition coefficient (Wildman–Crippen LogP) is 3.99. The Kier molecular flexibility index (Phi) is 6.15. The largest absolute Gasteiger partial charge is 0.385 e. The van der Waals surface area contributed by atoms with E-state index in [2.05, 4.69) is 17.4 Å². The topological polar surface area (TPSA) is 21.3 Å². The van der Waals surface area contributed by atoms with E-state index in [1.165, 1.54) is 31.2 Å². The van der Waals surface area contributed by atoms with Gasteiger partial charge in [0.2, 0.25) is 0 Å². The molecule has 1 atom stereocenters. The summed E-state index contributed by atoms with van der Waals surface area (Å²) in [5.41, 5.74) is 1.40. The van der Waals surface area contributed by atoms with Gasteiger partial charge in [-0.25, -0.2) is 0 Å². The quantitative estimate of drug-likeness (QED) is 0.691. The second-order valence-electron chi connectivity index (χ2n) is 5.42. The lowest BCUT2D eigenvalue weighted by molar-refractivity contribution is 0.191. The molecule has 1 N–H and O–H groups in total. The van der Waals surface area contributed by atoms with Gasteiger partial charge < -0.3 is 10.1 Å². The van der Waals surface area contributed by atoms with Crippen LogP contribution in [0.5, 0.6) is 0 Å². The van der Waals surface area contributed by atoms with Crippen LogP contribution in [-0.2, 0) is 4.74 Å². The van der Waals surface area contributed by atoms with Crippen LogP contribution in [0.15, 0.2) is 24.3 Å². The van der Waals surface area contributed by atoms with Crippen LogP contribution in [0.3, 0.4) is 0 Å². The van der Waals surface area contributed by atoms with Crippen LogP contribution in [0.1, 0.15) is 43.6 Å². The molecule has 1 aromatic rings. The Bertz CT molecular complexity index is 362. The molecule has 1 aliphatic rings. The van der Waals surface area contributed by atoms with Gasteiger partial charge in [0.15, 0.2) is 0 Å². The molecule has 0 bridgehead atoms. The summed E-state index contributed by atoms with van der Waals surface area (Å²) in [6.07, 6.45) is 6.26. The number of hydrogen-bond donors (Lipinski definition) is 1. The van der Waals surface area contributed by atoms with E-state index in [0.29, 0.717) is 5.92 Å². The highest BCUT2D eigenvalue weighted by atomic mass is 35.5. The Hall–Kier alpha value is -0.570. The maximum Gasteiger partial charge on any atom is 0.0462 e. The molecule has 0 aliphatic heterocycles. The fourth-order valence-corrected chi connectivity index (χ4v) is 2.48. The molecule has 0 heterocycles. The number of ether oxygens (including phenoxy) is 1. The molecule has 1 fully saturated rings. The molecule has 1 unspecified atom stereocenters. The van der Waals surface area contributed by atoms with Crippen LogP contribution in [0.2, 0.25) is 5.02 Å². The highest BCUT2D eigenvalue weighted by molar-refractivity contribution is 6.30. The summed E-state index contributed by atoms with van der Waals surface area (Å²) in [6.45, 7) is 1.95. The molecule has 19 heavy (non-hydrogen) atoms. The van der Waals surface area contributed by atoms with Gasteiger partial charge >= 0.3 is 0 Å². The fraction of sp³-hybridized carbons (Fsp3) is 0.625. The zero-order chi connectivity index (χ0) is 13.5. The van der Waals surface area contributed by atoms with Crippen molar-refractivity contribution < 1.29 is 4.74 Å². The molecule has 2 rings (SSSR count). The lowest BCUT2D eigenvalue weighted by Crippen LogP contribution is -2.23. The van der Waals surface area contributed by atoms with E-state index in [1.54, 1.807) is 7.11 Å². The van der Waals surface area contributed by atoms with Crippen molar-refractivity contribution in [2.24, 2.45) is 0 Å². The minimum absolute atomic E-state index is 0.592. The summed E-state index contributed by atoms with van der Waals surface area (Å²) >= 11 is 5.97. The molecule has 0 aromatic heterocycles. The Morgan fingerprint density at radius 2 is 2.00 bits per heavy atom. The Balaban J connectivity index is 1.85. The highest BCUT2D eigenvalue weighted by Crippen LogP contribution is 2.25. The van der Waals surface area contributed by atoms with E-state index in [0.717, 1.165) is 30.6 Å². The molecular formula is C16H24ClNO. The Labute approximate surface area is 121 Å². The third-order valence-corrected chi connectivity index (χ3v) is 3.97. The lowest BCUT2D eigenvalue weighted by Gasteiger charge is -2.18. The van der Waals surface area contributed by atoms with E-state index in [9.17, 15) is 0 Å². The first-order valence-electron chi connectivity index (χ1n) is 7.27. The van der Waals surface area contributed by atoms with Gasteiger partial charge in [-0.05, 0) is 49.3 Å². The standard InChI is InChI=1S/C16H24ClNO/c1-19-11-3-2-4-14(12-18-16-9-10-16)13-5-7-15(17)8-6-13/h5-8,14,16,18H,2-4,9-12H2,1H3. The van der Waals surface area contributed by atoms with E-state index in [1.807, 2.05) is 12.1 Å². The first-order valence-corrected chi connectivity index (χ1v) is 7.65. The number of halogens is 1. The summed E-state index contributed by atoms with van der Waals surface area (Å²) in [5.74, 6) is 0.592. The number of nitrogens with one attached hydrogen (secondary N) is 1. The number of methoxy groups -OCH3 is 1. The van der Waals surface area contributed by atoms with E-state index >= 15 is 0 Å². The van der Waals surface area contributed by atoms with Crippen molar-refractivity contribution in [3.05, 3.63) is 34.9 Å². The Morgan fingerprint density at radius 1 is 1.26 bits per heavy atom. The second-order valence-corrected chi connectivity index (χ2v) is 5.86. The molecule has 0 amide bonds. The minimum atomic E-state index is 0.592.